The lowest BCUT2D eigenvalue weighted by atomic mass is 9.67. The van der Waals surface area contributed by atoms with Gasteiger partial charge in [0.1, 0.15) is 0 Å². The smallest absolute Gasteiger partial charge is 0.164 e. The Bertz CT molecular complexity index is 3220. The number of hydrogen-bond acceptors (Lipinski definition) is 4. The van der Waals surface area contributed by atoms with Crippen LogP contribution in [0.3, 0.4) is 0 Å². The summed E-state index contributed by atoms with van der Waals surface area (Å²) in [5.41, 5.74) is 12.2. The van der Waals surface area contributed by atoms with E-state index in [0.29, 0.717) is 17.5 Å². The van der Waals surface area contributed by atoms with Crippen molar-refractivity contribution >= 4 is 44.8 Å². The minimum Gasteiger partial charge on any atom is -0.208 e. The Morgan fingerprint density at radius 1 is 0.400 bits per heavy atom. The van der Waals surface area contributed by atoms with Gasteiger partial charge in [0, 0.05) is 36.9 Å². The highest BCUT2D eigenvalue weighted by atomic mass is 32.1. The van der Waals surface area contributed by atoms with Gasteiger partial charge in [-0.05, 0) is 62.7 Å². The third kappa shape index (κ3) is 5.88. The van der Waals surface area contributed by atoms with Crippen LogP contribution in [0.5, 0.6) is 0 Å². The lowest BCUT2D eigenvalue weighted by Gasteiger charge is -2.34. The van der Waals surface area contributed by atoms with Gasteiger partial charge in [0.25, 0.3) is 0 Å². The first-order valence-corrected chi connectivity index (χ1v) is 24.9. The summed E-state index contributed by atoms with van der Waals surface area (Å²) in [5, 5.41) is 3.95. The zero-order valence-corrected chi connectivity index (χ0v) is 35.5. The van der Waals surface area contributed by atoms with Crippen molar-refractivity contribution in [2.24, 2.45) is 0 Å². The second-order valence-corrected chi connectivity index (χ2v) is 22.9. The maximum atomic E-state index is 5.36. The van der Waals surface area contributed by atoms with Gasteiger partial charge in [-0.25, -0.2) is 15.0 Å². The van der Waals surface area contributed by atoms with Crippen LogP contribution in [0.1, 0.15) is 22.3 Å². The van der Waals surface area contributed by atoms with Crippen molar-refractivity contribution < 1.29 is 0 Å². The SMILES string of the molecule is C[Si](C)(C)c1cccc(-c2nc(-c3cccc(-c4cccc5c4sc4ccccc45)c3)nc(-c3ccc4c(c3)C(c3ccccc3)(c3ccccc3)c3ccccc3-4)n2)c1. The molecular formula is C55H41N3SSi. The second-order valence-electron chi connectivity index (χ2n) is 16.8. The maximum absolute atomic E-state index is 5.36. The Labute approximate surface area is 355 Å². The minimum absolute atomic E-state index is 0.531. The Morgan fingerprint density at radius 3 is 1.65 bits per heavy atom. The lowest BCUT2D eigenvalue weighted by Crippen LogP contribution is -2.37. The van der Waals surface area contributed by atoms with Crippen molar-refractivity contribution in [2.45, 2.75) is 25.1 Å². The summed E-state index contributed by atoms with van der Waals surface area (Å²) in [4.78, 5) is 16.0. The molecule has 286 valence electrons. The van der Waals surface area contributed by atoms with Crippen molar-refractivity contribution in [1.29, 1.82) is 0 Å². The van der Waals surface area contributed by atoms with E-state index in [4.69, 9.17) is 15.0 Å². The van der Waals surface area contributed by atoms with Crippen LogP contribution in [0.2, 0.25) is 19.6 Å². The Morgan fingerprint density at radius 2 is 0.933 bits per heavy atom. The maximum Gasteiger partial charge on any atom is 0.164 e. The Kier molecular flexibility index (Phi) is 8.59. The van der Waals surface area contributed by atoms with Crippen molar-refractivity contribution in [2.75, 3.05) is 0 Å². The van der Waals surface area contributed by atoms with Gasteiger partial charge in [-0.1, -0.05) is 201 Å². The first-order valence-electron chi connectivity index (χ1n) is 20.6. The molecule has 0 saturated carbocycles. The molecule has 0 bridgehead atoms. The van der Waals surface area contributed by atoms with E-state index in [9.17, 15) is 0 Å². The fourth-order valence-corrected chi connectivity index (χ4v) is 11.7. The molecule has 0 spiro atoms. The molecule has 60 heavy (non-hydrogen) atoms. The topological polar surface area (TPSA) is 38.7 Å². The van der Waals surface area contributed by atoms with E-state index in [2.05, 4.69) is 214 Å². The van der Waals surface area contributed by atoms with Crippen LogP contribution >= 0.6 is 11.3 Å². The largest absolute Gasteiger partial charge is 0.208 e. The van der Waals surface area contributed by atoms with Gasteiger partial charge >= 0.3 is 0 Å². The molecule has 0 amide bonds. The van der Waals surface area contributed by atoms with Crippen LogP contribution < -0.4 is 5.19 Å². The predicted octanol–water partition coefficient (Wildman–Crippen LogP) is 13.8. The molecule has 0 N–H and O–H groups in total. The van der Waals surface area contributed by atoms with Crippen LogP contribution in [-0.4, -0.2) is 23.0 Å². The van der Waals surface area contributed by atoms with Gasteiger partial charge in [0.05, 0.1) is 13.5 Å². The first-order chi connectivity index (χ1) is 29.4. The first kappa shape index (κ1) is 36.3. The monoisotopic (exact) mass is 803 g/mol. The van der Waals surface area contributed by atoms with Crippen molar-refractivity contribution in [3.8, 4) is 56.4 Å². The summed E-state index contributed by atoms with van der Waals surface area (Å²) in [6, 6.07) is 70.4. The molecule has 5 heteroatoms. The number of aromatic nitrogens is 3. The number of rotatable bonds is 7. The summed E-state index contributed by atoms with van der Waals surface area (Å²) in [5.74, 6) is 1.98. The molecule has 1 aliphatic rings. The van der Waals surface area contributed by atoms with Crippen molar-refractivity contribution in [1.82, 2.24) is 15.0 Å². The zero-order chi connectivity index (χ0) is 40.4. The fourth-order valence-electron chi connectivity index (χ4n) is 9.27. The summed E-state index contributed by atoms with van der Waals surface area (Å²) in [6.07, 6.45) is 0. The summed E-state index contributed by atoms with van der Waals surface area (Å²) >= 11 is 1.85. The number of benzene rings is 8. The fraction of sp³-hybridized carbons (Fsp3) is 0.0727. The molecule has 8 aromatic carbocycles. The molecule has 2 heterocycles. The molecule has 10 aromatic rings. The highest BCUT2D eigenvalue weighted by Gasteiger charge is 2.46. The van der Waals surface area contributed by atoms with Crippen LogP contribution in [0.25, 0.3) is 76.6 Å². The van der Waals surface area contributed by atoms with E-state index in [1.807, 2.05) is 11.3 Å². The van der Waals surface area contributed by atoms with Gasteiger partial charge in [-0.2, -0.15) is 0 Å². The lowest BCUT2D eigenvalue weighted by molar-refractivity contribution is 0.768. The number of hydrogen-bond donors (Lipinski definition) is 0. The molecule has 0 unspecified atom stereocenters. The summed E-state index contributed by atoms with van der Waals surface area (Å²) in [6.45, 7) is 7.15. The van der Waals surface area contributed by atoms with Crippen LogP contribution in [-0.2, 0) is 5.41 Å². The molecule has 0 saturated heterocycles. The highest BCUT2D eigenvalue weighted by molar-refractivity contribution is 7.26. The molecule has 3 nitrogen and oxygen atoms in total. The van der Waals surface area contributed by atoms with Crippen LogP contribution in [0.15, 0.2) is 194 Å². The number of thiophene rings is 1. The third-order valence-corrected chi connectivity index (χ3v) is 15.4. The van der Waals surface area contributed by atoms with Gasteiger partial charge in [-0.15, -0.1) is 11.3 Å². The molecule has 2 aromatic heterocycles. The van der Waals surface area contributed by atoms with E-state index in [1.165, 1.54) is 64.3 Å². The van der Waals surface area contributed by atoms with E-state index in [0.717, 1.165) is 22.3 Å². The van der Waals surface area contributed by atoms with Gasteiger partial charge < -0.3 is 0 Å². The highest BCUT2D eigenvalue weighted by Crippen LogP contribution is 2.56. The van der Waals surface area contributed by atoms with E-state index >= 15 is 0 Å². The predicted molar refractivity (Wildman–Crippen MR) is 255 cm³/mol. The molecule has 0 radical (unpaired) electrons. The average molecular weight is 804 g/mol. The standard InChI is InChI=1S/C55H41N3SSi/c1-60(2,3)42-24-15-19-38(34-42)53-56-52(37-18-14-17-36(33-37)43-27-16-28-47-46-26-11-13-30-50(46)59-51(43)47)57-54(58-53)39-31-32-45-44-25-10-12-29-48(44)55(49(45)35-39,40-20-6-4-7-21-40)41-22-8-5-9-23-41/h4-35H,1-3H3. The normalized spacial score (nSPS) is 13.1. The van der Waals surface area contributed by atoms with E-state index in [-0.39, 0.29) is 0 Å². The quantitative estimate of drug-likeness (QED) is 0.151. The molecule has 0 fully saturated rings. The molecule has 0 aliphatic heterocycles. The molecule has 0 atom stereocenters. The number of fused-ring (bicyclic) bond motifs is 6. The van der Waals surface area contributed by atoms with Crippen LogP contribution in [0.4, 0.5) is 0 Å². The molecule has 11 rings (SSSR count). The van der Waals surface area contributed by atoms with Gasteiger partial charge in [-0.3, -0.25) is 0 Å². The Balaban J connectivity index is 1.13. The van der Waals surface area contributed by atoms with Crippen LogP contribution in [0, 0.1) is 0 Å². The zero-order valence-electron chi connectivity index (χ0n) is 33.7. The Hall–Kier alpha value is -6.79. The van der Waals surface area contributed by atoms with Gasteiger partial charge in [0.15, 0.2) is 17.5 Å². The molecule has 1 aliphatic carbocycles. The third-order valence-electron chi connectivity index (χ3n) is 12.2. The second kappa shape index (κ2) is 14.2. The number of nitrogens with zero attached hydrogens (tertiary/aromatic N) is 3. The van der Waals surface area contributed by atoms with Crippen molar-refractivity contribution in [3.63, 3.8) is 0 Å². The minimum atomic E-state index is -1.63. The van der Waals surface area contributed by atoms with Crippen molar-refractivity contribution in [3.05, 3.63) is 216 Å². The summed E-state index contributed by atoms with van der Waals surface area (Å²) in [7, 11) is -1.63. The average Bonchev–Trinajstić information content (AvgIpc) is 3.83. The van der Waals surface area contributed by atoms with E-state index in [1.54, 1.807) is 0 Å². The van der Waals surface area contributed by atoms with Gasteiger partial charge in [0.2, 0.25) is 0 Å². The molecular weight excluding hydrogens is 763 g/mol. The summed E-state index contributed by atoms with van der Waals surface area (Å²) < 4.78 is 2.58. The van der Waals surface area contributed by atoms with E-state index < -0.39 is 13.5 Å².